The lowest BCUT2D eigenvalue weighted by atomic mass is 10.2. The van der Waals surface area contributed by atoms with Gasteiger partial charge < -0.3 is 11.5 Å². The Balaban J connectivity index is 0. The van der Waals surface area contributed by atoms with Gasteiger partial charge in [0.2, 0.25) is 0 Å². The van der Waals surface area contributed by atoms with Crippen molar-refractivity contribution in [3.8, 4) is 0 Å². The molecule has 1 aromatic rings. The first-order chi connectivity index (χ1) is 4.34. The third-order valence-corrected chi connectivity index (χ3v) is 1.17. The van der Waals surface area contributed by atoms with E-state index in [0.717, 1.165) is 5.56 Å². The Morgan fingerprint density at radius 3 is 2.36 bits per heavy atom. The second-order valence-corrected chi connectivity index (χ2v) is 1.78. The van der Waals surface area contributed by atoms with Crippen LogP contribution in [-0.2, 0) is 6.54 Å². The summed E-state index contributed by atoms with van der Waals surface area (Å²) in [7, 11) is 0. The molecule has 0 atom stereocenters. The van der Waals surface area contributed by atoms with Crippen molar-refractivity contribution in [2.45, 2.75) is 6.54 Å². The number of halogens is 2. The standard InChI is InChI=1S/C6H9N3.2ClH/c7-3-5-1-2-9-4-6(5)8;;/h1-2,4H,3,7-8H2;2*1H. The Hall–Kier alpha value is -0.510. The number of nitrogen functional groups attached to an aromatic ring is 1. The normalized spacial score (nSPS) is 7.73. The maximum absolute atomic E-state index is 5.49. The average Bonchev–Trinajstić information content (AvgIpc) is 1.89. The minimum absolute atomic E-state index is 0. The summed E-state index contributed by atoms with van der Waals surface area (Å²) in [6.45, 7) is 0.481. The molecule has 0 aliphatic heterocycles. The summed E-state index contributed by atoms with van der Waals surface area (Å²) in [5.41, 5.74) is 12.4. The highest BCUT2D eigenvalue weighted by atomic mass is 35.5. The lowest BCUT2D eigenvalue weighted by Gasteiger charge is -1.97. The molecule has 11 heavy (non-hydrogen) atoms. The maximum Gasteiger partial charge on any atom is 0.0546 e. The summed E-state index contributed by atoms with van der Waals surface area (Å²) in [5, 5.41) is 0. The molecule has 64 valence electrons. The molecule has 0 bridgehead atoms. The second-order valence-electron chi connectivity index (χ2n) is 1.78. The highest BCUT2D eigenvalue weighted by Crippen LogP contribution is 2.05. The van der Waals surface area contributed by atoms with E-state index in [0.29, 0.717) is 12.2 Å². The molecule has 1 aromatic heterocycles. The molecule has 1 heterocycles. The summed E-state index contributed by atoms with van der Waals surface area (Å²) in [4.78, 5) is 3.81. The first-order valence-electron chi connectivity index (χ1n) is 2.73. The number of hydrogen-bond acceptors (Lipinski definition) is 3. The third kappa shape index (κ3) is 3.41. The smallest absolute Gasteiger partial charge is 0.0546 e. The van der Waals surface area contributed by atoms with Crippen LogP contribution in [0, 0.1) is 0 Å². The van der Waals surface area contributed by atoms with E-state index >= 15 is 0 Å². The van der Waals surface area contributed by atoms with Gasteiger partial charge in [-0.15, -0.1) is 24.8 Å². The summed E-state index contributed by atoms with van der Waals surface area (Å²) in [5.74, 6) is 0. The Morgan fingerprint density at radius 2 is 2.00 bits per heavy atom. The number of hydrogen-bond donors (Lipinski definition) is 2. The summed E-state index contributed by atoms with van der Waals surface area (Å²) in [6.07, 6.45) is 3.28. The highest BCUT2D eigenvalue weighted by Gasteiger charge is 1.91. The number of nitrogens with zero attached hydrogens (tertiary/aromatic N) is 1. The number of pyridine rings is 1. The first kappa shape index (κ1) is 13.1. The molecule has 0 saturated carbocycles. The summed E-state index contributed by atoms with van der Waals surface area (Å²) < 4.78 is 0. The lowest BCUT2D eigenvalue weighted by Crippen LogP contribution is -2.01. The van der Waals surface area contributed by atoms with Crippen molar-refractivity contribution in [3.63, 3.8) is 0 Å². The summed E-state index contributed by atoms with van der Waals surface area (Å²) in [6, 6.07) is 1.81. The van der Waals surface area contributed by atoms with Gasteiger partial charge in [0.05, 0.1) is 11.9 Å². The van der Waals surface area contributed by atoms with Gasteiger partial charge >= 0.3 is 0 Å². The number of aromatic nitrogens is 1. The van der Waals surface area contributed by atoms with Crippen molar-refractivity contribution in [2.24, 2.45) is 5.73 Å². The molecule has 0 aromatic carbocycles. The number of nitrogens with two attached hydrogens (primary N) is 2. The van der Waals surface area contributed by atoms with Crippen molar-refractivity contribution < 1.29 is 0 Å². The lowest BCUT2D eigenvalue weighted by molar-refractivity contribution is 1.06. The van der Waals surface area contributed by atoms with Crippen LogP contribution >= 0.6 is 24.8 Å². The highest BCUT2D eigenvalue weighted by molar-refractivity contribution is 5.85. The van der Waals surface area contributed by atoms with Crippen molar-refractivity contribution in [1.29, 1.82) is 0 Å². The van der Waals surface area contributed by atoms with Crippen molar-refractivity contribution in [2.75, 3.05) is 5.73 Å². The molecule has 5 heteroatoms. The van der Waals surface area contributed by atoms with Crippen molar-refractivity contribution in [1.82, 2.24) is 4.98 Å². The van der Waals surface area contributed by atoms with Gasteiger partial charge in [-0.05, 0) is 11.6 Å². The monoisotopic (exact) mass is 195 g/mol. The van der Waals surface area contributed by atoms with Gasteiger partial charge in [0.25, 0.3) is 0 Å². The van der Waals surface area contributed by atoms with Crippen LogP contribution in [0.15, 0.2) is 18.5 Å². The number of anilines is 1. The van der Waals surface area contributed by atoms with Crippen LogP contribution in [0.4, 0.5) is 5.69 Å². The molecule has 4 N–H and O–H groups in total. The van der Waals surface area contributed by atoms with Crippen LogP contribution in [0.1, 0.15) is 5.56 Å². The number of rotatable bonds is 1. The SMILES string of the molecule is Cl.Cl.NCc1ccncc1N. The van der Waals surface area contributed by atoms with E-state index in [-0.39, 0.29) is 24.8 Å². The van der Waals surface area contributed by atoms with E-state index in [1.54, 1.807) is 12.4 Å². The Kier molecular flexibility index (Phi) is 7.41. The second kappa shape index (κ2) is 6.22. The van der Waals surface area contributed by atoms with Crippen molar-refractivity contribution in [3.05, 3.63) is 24.0 Å². The Labute approximate surface area is 78.0 Å². The molecule has 0 fully saturated rings. The van der Waals surface area contributed by atoms with E-state index in [1.807, 2.05) is 6.07 Å². The van der Waals surface area contributed by atoms with Gasteiger partial charge in [0, 0.05) is 12.7 Å². The van der Waals surface area contributed by atoms with Crippen LogP contribution in [-0.4, -0.2) is 4.98 Å². The van der Waals surface area contributed by atoms with Gasteiger partial charge in [0.1, 0.15) is 0 Å². The minimum Gasteiger partial charge on any atom is -0.397 e. The molecule has 0 aliphatic carbocycles. The van der Waals surface area contributed by atoms with Gasteiger partial charge in [-0.1, -0.05) is 0 Å². The van der Waals surface area contributed by atoms with E-state index in [4.69, 9.17) is 11.5 Å². The van der Waals surface area contributed by atoms with E-state index in [9.17, 15) is 0 Å². The van der Waals surface area contributed by atoms with Gasteiger partial charge in [0.15, 0.2) is 0 Å². The van der Waals surface area contributed by atoms with Crippen LogP contribution in [0.25, 0.3) is 0 Å². The molecule has 0 aliphatic rings. The molecule has 0 spiro atoms. The molecule has 0 unspecified atom stereocenters. The topological polar surface area (TPSA) is 64.9 Å². The molecular formula is C6H11Cl2N3. The molecule has 0 saturated heterocycles. The quantitative estimate of drug-likeness (QED) is 0.703. The van der Waals surface area contributed by atoms with E-state index in [1.165, 1.54) is 0 Å². The van der Waals surface area contributed by atoms with Crippen LogP contribution in [0.5, 0.6) is 0 Å². The third-order valence-electron chi connectivity index (χ3n) is 1.17. The van der Waals surface area contributed by atoms with Crippen LogP contribution < -0.4 is 11.5 Å². The minimum atomic E-state index is 0. The van der Waals surface area contributed by atoms with E-state index < -0.39 is 0 Å². The molecule has 0 radical (unpaired) electrons. The van der Waals surface area contributed by atoms with Gasteiger partial charge in [-0.2, -0.15) is 0 Å². The predicted octanol–water partition coefficient (Wildman–Crippen LogP) is 0.966. The van der Waals surface area contributed by atoms with Gasteiger partial charge in [-0.25, -0.2) is 0 Å². The molecule has 3 nitrogen and oxygen atoms in total. The molecular weight excluding hydrogens is 185 g/mol. The Bertz CT molecular complexity index is 205. The predicted molar refractivity (Wildman–Crippen MR) is 51.0 cm³/mol. The van der Waals surface area contributed by atoms with Crippen molar-refractivity contribution >= 4 is 30.5 Å². The van der Waals surface area contributed by atoms with Crippen LogP contribution in [0.2, 0.25) is 0 Å². The zero-order valence-electron chi connectivity index (χ0n) is 5.86. The average molecular weight is 196 g/mol. The fraction of sp³-hybridized carbons (Fsp3) is 0.167. The largest absolute Gasteiger partial charge is 0.397 e. The molecule has 0 amide bonds. The van der Waals surface area contributed by atoms with E-state index in [2.05, 4.69) is 4.98 Å². The zero-order valence-corrected chi connectivity index (χ0v) is 7.49. The maximum atomic E-state index is 5.49. The zero-order chi connectivity index (χ0) is 6.69. The Morgan fingerprint density at radius 1 is 1.36 bits per heavy atom. The molecule has 1 rings (SSSR count). The van der Waals surface area contributed by atoms with Crippen LogP contribution in [0.3, 0.4) is 0 Å². The fourth-order valence-corrected chi connectivity index (χ4v) is 0.621. The summed E-state index contributed by atoms with van der Waals surface area (Å²) >= 11 is 0. The van der Waals surface area contributed by atoms with Gasteiger partial charge in [-0.3, -0.25) is 4.98 Å². The fourth-order valence-electron chi connectivity index (χ4n) is 0.621. The first-order valence-corrected chi connectivity index (χ1v) is 2.73.